The predicted octanol–water partition coefficient (Wildman–Crippen LogP) is 3.38. The van der Waals surface area contributed by atoms with E-state index >= 15 is 0 Å². The van der Waals surface area contributed by atoms with E-state index in [2.05, 4.69) is 32.9 Å². The number of carbonyl (C=O) groups is 1. The molecule has 3 heteroatoms. The largest absolute Gasteiger partial charge is 0.480 e. The number of hydrogen-bond acceptors (Lipinski definition) is 2. The van der Waals surface area contributed by atoms with Crippen molar-refractivity contribution in [3.8, 4) is 0 Å². The molecule has 0 fully saturated rings. The maximum absolute atomic E-state index is 11.3. The third-order valence-electron chi connectivity index (χ3n) is 3.33. The topological polar surface area (TPSA) is 40.5 Å². The molecule has 100 valence electrons. The molecule has 0 unspecified atom stereocenters. The standard InChI is InChI=1S/C15H23NO2/c1-5-9-16(14(6-2)15(17)18)13-8-7-11(3)12(4)10-13/h7-8,10,14H,5-6,9H2,1-4H3,(H,17,18)/t14-/m0/s1. The summed E-state index contributed by atoms with van der Waals surface area (Å²) in [6.07, 6.45) is 1.55. The van der Waals surface area contributed by atoms with Crippen molar-refractivity contribution in [2.45, 2.75) is 46.6 Å². The number of anilines is 1. The number of hydrogen-bond donors (Lipinski definition) is 1. The summed E-state index contributed by atoms with van der Waals surface area (Å²) in [7, 11) is 0. The van der Waals surface area contributed by atoms with Gasteiger partial charge < -0.3 is 10.0 Å². The molecule has 18 heavy (non-hydrogen) atoms. The summed E-state index contributed by atoms with van der Waals surface area (Å²) in [5.41, 5.74) is 3.45. The lowest BCUT2D eigenvalue weighted by Crippen LogP contribution is -2.41. The normalized spacial score (nSPS) is 12.2. The van der Waals surface area contributed by atoms with Gasteiger partial charge in [0.1, 0.15) is 6.04 Å². The fraction of sp³-hybridized carbons (Fsp3) is 0.533. The van der Waals surface area contributed by atoms with E-state index in [0.29, 0.717) is 6.42 Å². The summed E-state index contributed by atoms with van der Waals surface area (Å²) in [6.45, 7) is 8.89. The predicted molar refractivity (Wildman–Crippen MR) is 75.3 cm³/mol. The Morgan fingerprint density at radius 3 is 2.39 bits per heavy atom. The van der Waals surface area contributed by atoms with Crippen molar-refractivity contribution < 1.29 is 9.90 Å². The summed E-state index contributed by atoms with van der Waals surface area (Å²) >= 11 is 0. The number of benzene rings is 1. The minimum absolute atomic E-state index is 0.438. The van der Waals surface area contributed by atoms with Crippen LogP contribution in [0.25, 0.3) is 0 Å². The zero-order chi connectivity index (χ0) is 13.7. The summed E-state index contributed by atoms with van der Waals surface area (Å²) in [6, 6.07) is 5.72. The van der Waals surface area contributed by atoms with E-state index in [0.717, 1.165) is 18.7 Å². The molecule has 0 aliphatic carbocycles. The van der Waals surface area contributed by atoms with E-state index in [9.17, 15) is 9.90 Å². The van der Waals surface area contributed by atoms with E-state index in [-0.39, 0.29) is 0 Å². The Labute approximate surface area is 109 Å². The van der Waals surface area contributed by atoms with E-state index in [1.54, 1.807) is 0 Å². The summed E-state index contributed by atoms with van der Waals surface area (Å²) in [5, 5.41) is 9.31. The Hall–Kier alpha value is -1.51. The molecule has 1 aromatic rings. The van der Waals surface area contributed by atoms with Gasteiger partial charge in [-0.25, -0.2) is 4.79 Å². The second-order valence-electron chi connectivity index (χ2n) is 4.72. The van der Waals surface area contributed by atoms with Crippen LogP contribution >= 0.6 is 0 Å². The lowest BCUT2D eigenvalue weighted by molar-refractivity contribution is -0.138. The molecule has 0 saturated heterocycles. The molecule has 0 aliphatic heterocycles. The van der Waals surface area contributed by atoms with Gasteiger partial charge in [0.05, 0.1) is 0 Å². The highest BCUT2D eigenvalue weighted by atomic mass is 16.4. The summed E-state index contributed by atoms with van der Waals surface area (Å²) < 4.78 is 0. The van der Waals surface area contributed by atoms with Gasteiger partial charge in [0, 0.05) is 12.2 Å². The number of rotatable bonds is 6. The molecular formula is C15H23NO2. The van der Waals surface area contributed by atoms with Crippen LogP contribution in [-0.4, -0.2) is 23.7 Å². The lowest BCUT2D eigenvalue weighted by Gasteiger charge is -2.30. The average molecular weight is 249 g/mol. The fourth-order valence-corrected chi connectivity index (χ4v) is 2.14. The van der Waals surface area contributed by atoms with Crippen molar-refractivity contribution in [2.75, 3.05) is 11.4 Å². The van der Waals surface area contributed by atoms with Gasteiger partial charge in [0.25, 0.3) is 0 Å². The lowest BCUT2D eigenvalue weighted by atomic mass is 10.1. The SMILES string of the molecule is CCCN(c1ccc(C)c(C)c1)[C@@H](CC)C(=O)O. The van der Waals surface area contributed by atoms with E-state index in [4.69, 9.17) is 0 Å². The third-order valence-corrected chi connectivity index (χ3v) is 3.33. The molecule has 1 N–H and O–H groups in total. The number of carboxylic acid groups (broad SMARTS) is 1. The minimum Gasteiger partial charge on any atom is -0.480 e. The van der Waals surface area contributed by atoms with Crippen LogP contribution < -0.4 is 4.90 Å². The fourth-order valence-electron chi connectivity index (χ4n) is 2.14. The highest BCUT2D eigenvalue weighted by Crippen LogP contribution is 2.22. The van der Waals surface area contributed by atoms with Crippen LogP contribution in [-0.2, 0) is 4.79 Å². The molecule has 0 bridgehead atoms. The molecule has 1 aromatic carbocycles. The van der Waals surface area contributed by atoms with E-state index in [1.165, 1.54) is 11.1 Å². The van der Waals surface area contributed by atoms with Gasteiger partial charge >= 0.3 is 5.97 Å². The third kappa shape index (κ3) is 3.25. The van der Waals surface area contributed by atoms with Gasteiger partial charge in [-0.2, -0.15) is 0 Å². The number of aryl methyl sites for hydroxylation is 2. The molecule has 0 amide bonds. The molecule has 0 heterocycles. The van der Waals surface area contributed by atoms with Crippen LogP contribution in [0.2, 0.25) is 0 Å². The zero-order valence-electron chi connectivity index (χ0n) is 11.7. The van der Waals surface area contributed by atoms with Crippen molar-refractivity contribution in [1.82, 2.24) is 0 Å². The quantitative estimate of drug-likeness (QED) is 0.840. The molecular weight excluding hydrogens is 226 g/mol. The van der Waals surface area contributed by atoms with Crippen LogP contribution in [0, 0.1) is 13.8 Å². The van der Waals surface area contributed by atoms with E-state index in [1.807, 2.05) is 17.9 Å². The van der Waals surface area contributed by atoms with Crippen molar-refractivity contribution >= 4 is 11.7 Å². The molecule has 0 saturated carbocycles. The molecule has 0 spiro atoms. The highest BCUT2D eigenvalue weighted by Gasteiger charge is 2.23. The monoisotopic (exact) mass is 249 g/mol. The first-order valence-corrected chi connectivity index (χ1v) is 6.57. The first kappa shape index (κ1) is 14.6. The summed E-state index contributed by atoms with van der Waals surface area (Å²) in [4.78, 5) is 13.3. The zero-order valence-corrected chi connectivity index (χ0v) is 11.7. The maximum Gasteiger partial charge on any atom is 0.326 e. The molecule has 0 radical (unpaired) electrons. The first-order valence-electron chi connectivity index (χ1n) is 6.57. The Kier molecular flexibility index (Phi) is 5.20. The van der Waals surface area contributed by atoms with Crippen LogP contribution in [0.3, 0.4) is 0 Å². The van der Waals surface area contributed by atoms with Gasteiger partial charge in [0.2, 0.25) is 0 Å². The van der Waals surface area contributed by atoms with Crippen molar-refractivity contribution in [1.29, 1.82) is 0 Å². The minimum atomic E-state index is -0.746. The average Bonchev–Trinajstić information content (AvgIpc) is 2.32. The molecule has 1 atom stereocenters. The Bertz CT molecular complexity index is 415. The number of aliphatic carboxylic acids is 1. The Morgan fingerprint density at radius 2 is 1.94 bits per heavy atom. The van der Waals surface area contributed by atoms with Crippen LogP contribution in [0.1, 0.15) is 37.8 Å². The molecule has 0 aliphatic rings. The maximum atomic E-state index is 11.3. The number of carboxylic acids is 1. The molecule has 3 nitrogen and oxygen atoms in total. The Balaban J connectivity index is 3.10. The first-order chi connectivity index (χ1) is 8.51. The van der Waals surface area contributed by atoms with Gasteiger partial charge in [-0.1, -0.05) is 19.9 Å². The van der Waals surface area contributed by atoms with E-state index < -0.39 is 12.0 Å². The number of nitrogens with zero attached hydrogens (tertiary/aromatic N) is 1. The second kappa shape index (κ2) is 6.43. The van der Waals surface area contributed by atoms with Crippen molar-refractivity contribution in [2.24, 2.45) is 0 Å². The highest BCUT2D eigenvalue weighted by molar-refractivity contribution is 5.78. The second-order valence-corrected chi connectivity index (χ2v) is 4.72. The molecule has 0 aromatic heterocycles. The summed E-state index contributed by atoms with van der Waals surface area (Å²) in [5.74, 6) is -0.746. The van der Waals surface area contributed by atoms with Gasteiger partial charge in [-0.15, -0.1) is 0 Å². The van der Waals surface area contributed by atoms with Crippen LogP contribution in [0.15, 0.2) is 18.2 Å². The van der Waals surface area contributed by atoms with Crippen molar-refractivity contribution in [3.05, 3.63) is 29.3 Å². The smallest absolute Gasteiger partial charge is 0.326 e. The van der Waals surface area contributed by atoms with Gasteiger partial charge in [-0.05, 0) is 49.9 Å². The van der Waals surface area contributed by atoms with Crippen LogP contribution in [0.4, 0.5) is 5.69 Å². The van der Waals surface area contributed by atoms with Crippen molar-refractivity contribution in [3.63, 3.8) is 0 Å². The van der Waals surface area contributed by atoms with Crippen LogP contribution in [0.5, 0.6) is 0 Å². The van der Waals surface area contributed by atoms with Gasteiger partial charge in [0.15, 0.2) is 0 Å². The molecule has 1 rings (SSSR count). The van der Waals surface area contributed by atoms with Gasteiger partial charge in [-0.3, -0.25) is 0 Å². The Morgan fingerprint density at radius 1 is 1.28 bits per heavy atom.